The van der Waals surface area contributed by atoms with Gasteiger partial charge >= 0.3 is 0 Å². The van der Waals surface area contributed by atoms with Crippen LogP contribution in [0.5, 0.6) is 11.5 Å². The Labute approximate surface area is 180 Å². The number of rotatable bonds is 6. The van der Waals surface area contributed by atoms with Gasteiger partial charge in [-0.3, -0.25) is 14.7 Å². The third-order valence-corrected chi connectivity index (χ3v) is 6.56. The van der Waals surface area contributed by atoms with Crippen molar-refractivity contribution in [2.24, 2.45) is 0 Å². The summed E-state index contributed by atoms with van der Waals surface area (Å²) >= 11 is 8.67. The summed E-state index contributed by atoms with van der Waals surface area (Å²) in [4.78, 5) is 24.3. The molecule has 0 radical (unpaired) electrons. The molecule has 4 rings (SSSR count). The second-order valence-corrected chi connectivity index (χ2v) is 8.69. The smallest absolute Gasteiger partial charge is 0.270 e. The largest absolute Gasteiger partial charge is 0.495 e. The van der Waals surface area contributed by atoms with E-state index in [2.05, 4.69) is 4.98 Å². The Balaban J connectivity index is 1.83. The molecule has 0 atom stereocenters. The number of thiophene rings is 1. The maximum atomic E-state index is 13.3. The summed E-state index contributed by atoms with van der Waals surface area (Å²) in [6, 6.07) is 10.8. The van der Waals surface area contributed by atoms with Gasteiger partial charge in [0.25, 0.3) is 5.91 Å². The minimum Gasteiger partial charge on any atom is -0.495 e. The highest BCUT2D eigenvalue weighted by atomic mass is 35.5. The van der Waals surface area contributed by atoms with Crippen LogP contribution in [0.4, 0.5) is 5.13 Å². The molecule has 29 heavy (non-hydrogen) atoms. The van der Waals surface area contributed by atoms with Crippen LogP contribution in [0.25, 0.3) is 10.2 Å². The first-order chi connectivity index (χ1) is 14.1. The number of ether oxygens (including phenoxy) is 2. The highest BCUT2D eigenvalue weighted by Gasteiger charge is 2.25. The van der Waals surface area contributed by atoms with Crippen LogP contribution in [0.1, 0.15) is 15.2 Å². The fourth-order valence-electron chi connectivity index (χ4n) is 2.85. The molecule has 0 N–H and O–H groups in total. The number of nitrogens with zero attached hydrogens (tertiary/aromatic N) is 3. The zero-order valence-corrected chi connectivity index (χ0v) is 18.0. The zero-order chi connectivity index (χ0) is 20.4. The standard InChI is InChI=1S/C20H16ClN3O3S2/c1-26-13-3-4-14(27-2)18-17(13)23-20(29-18)24(11-12-7-9-22-10-8-12)19(25)15-5-6-16(21)28-15/h3-10H,11H2,1-2H3. The van der Waals surface area contributed by atoms with Gasteiger partial charge in [-0.25, -0.2) is 4.98 Å². The minimum atomic E-state index is -0.171. The molecule has 4 aromatic rings. The van der Waals surface area contributed by atoms with Crippen LogP contribution < -0.4 is 14.4 Å². The first-order valence-electron chi connectivity index (χ1n) is 8.58. The average molecular weight is 446 g/mol. The Morgan fingerprint density at radius 3 is 2.41 bits per heavy atom. The van der Waals surface area contributed by atoms with E-state index >= 15 is 0 Å². The van der Waals surface area contributed by atoms with Gasteiger partial charge in [0, 0.05) is 12.4 Å². The number of methoxy groups -OCH3 is 2. The topological polar surface area (TPSA) is 64.6 Å². The second-order valence-electron chi connectivity index (χ2n) is 5.99. The summed E-state index contributed by atoms with van der Waals surface area (Å²) in [5, 5.41) is 0.550. The molecule has 0 aliphatic heterocycles. The van der Waals surface area contributed by atoms with Gasteiger partial charge in [0.2, 0.25) is 0 Å². The maximum Gasteiger partial charge on any atom is 0.270 e. The van der Waals surface area contributed by atoms with Crippen molar-refractivity contribution in [1.82, 2.24) is 9.97 Å². The minimum absolute atomic E-state index is 0.171. The lowest BCUT2D eigenvalue weighted by molar-refractivity contribution is 0.0989. The maximum absolute atomic E-state index is 13.3. The number of carbonyl (C=O) groups is 1. The molecule has 0 fully saturated rings. The van der Waals surface area contributed by atoms with Gasteiger partial charge in [0.1, 0.15) is 21.7 Å². The Kier molecular flexibility index (Phi) is 5.66. The molecule has 148 valence electrons. The molecule has 0 unspecified atom stereocenters. The van der Waals surface area contributed by atoms with E-state index in [1.165, 1.54) is 22.7 Å². The lowest BCUT2D eigenvalue weighted by atomic mass is 10.2. The molecule has 3 heterocycles. The summed E-state index contributed by atoms with van der Waals surface area (Å²) in [6.07, 6.45) is 3.40. The molecular formula is C20H16ClN3O3S2. The van der Waals surface area contributed by atoms with Crippen molar-refractivity contribution in [3.8, 4) is 11.5 Å². The third-order valence-electron chi connectivity index (χ3n) is 4.25. The molecule has 0 spiro atoms. The number of benzene rings is 1. The van der Waals surface area contributed by atoms with Crippen molar-refractivity contribution in [2.75, 3.05) is 19.1 Å². The molecule has 0 aliphatic carbocycles. The van der Waals surface area contributed by atoms with E-state index in [4.69, 9.17) is 26.1 Å². The van der Waals surface area contributed by atoms with Gasteiger partial charge < -0.3 is 9.47 Å². The summed E-state index contributed by atoms with van der Waals surface area (Å²) in [5.41, 5.74) is 1.60. The molecule has 0 saturated carbocycles. The summed E-state index contributed by atoms with van der Waals surface area (Å²) < 4.78 is 12.3. The quantitative estimate of drug-likeness (QED) is 0.404. The van der Waals surface area contributed by atoms with Gasteiger partial charge in [-0.2, -0.15) is 0 Å². The summed E-state index contributed by atoms with van der Waals surface area (Å²) in [5.74, 6) is 1.13. The first-order valence-corrected chi connectivity index (χ1v) is 10.6. The number of anilines is 1. The highest BCUT2D eigenvalue weighted by Crippen LogP contribution is 2.41. The molecule has 0 aliphatic rings. The molecule has 6 nitrogen and oxygen atoms in total. The van der Waals surface area contributed by atoms with Crippen LogP contribution >= 0.6 is 34.3 Å². The first kappa shape index (κ1) is 19.6. The monoisotopic (exact) mass is 445 g/mol. The van der Waals surface area contributed by atoms with E-state index in [1.807, 2.05) is 18.2 Å². The highest BCUT2D eigenvalue weighted by molar-refractivity contribution is 7.23. The molecule has 1 aromatic carbocycles. The van der Waals surface area contributed by atoms with E-state index in [0.717, 1.165) is 10.3 Å². The number of hydrogen-bond acceptors (Lipinski definition) is 7. The number of hydrogen-bond donors (Lipinski definition) is 0. The van der Waals surface area contributed by atoms with Crippen molar-refractivity contribution in [3.63, 3.8) is 0 Å². The van der Waals surface area contributed by atoms with E-state index < -0.39 is 0 Å². The number of aromatic nitrogens is 2. The van der Waals surface area contributed by atoms with Crippen molar-refractivity contribution in [3.05, 3.63) is 63.6 Å². The lowest BCUT2D eigenvalue weighted by Gasteiger charge is -2.19. The zero-order valence-electron chi connectivity index (χ0n) is 15.6. The van der Waals surface area contributed by atoms with Crippen molar-refractivity contribution in [2.45, 2.75) is 6.54 Å². The molecule has 0 saturated heterocycles. The van der Waals surface area contributed by atoms with Gasteiger partial charge in [0.15, 0.2) is 5.13 Å². The lowest BCUT2D eigenvalue weighted by Crippen LogP contribution is -2.29. The number of halogens is 1. The number of fused-ring (bicyclic) bond motifs is 1. The SMILES string of the molecule is COc1ccc(OC)c2sc(N(Cc3ccncc3)C(=O)c3ccc(Cl)s3)nc12. The molecule has 1 amide bonds. The Bertz CT molecular complexity index is 1120. The van der Waals surface area contributed by atoms with E-state index in [9.17, 15) is 4.79 Å². The number of thiazole rings is 1. The van der Waals surface area contributed by atoms with Crippen LogP contribution in [0.15, 0.2) is 48.8 Å². The second kappa shape index (κ2) is 8.36. The fraction of sp³-hybridized carbons (Fsp3) is 0.150. The Morgan fingerprint density at radius 2 is 1.76 bits per heavy atom. The molecule has 9 heteroatoms. The van der Waals surface area contributed by atoms with Crippen LogP contribution in [-0.2, 0) is 6.54 Å². The van der Waals surface area contributed by atoms with Crippen molar-refractivity contribution >= 4 is 55.5 Å². The van der Waals surface area contributed by atoms with Gasteiger partial charge in [-0.05, 0) is 42.0 Å². The van der Waals surface area contributed by atoms with Crippen molar-refractivity contribution < 1.29 is 14.3 Å². The van der Waals surface area contributed by atoms with Gasteiger partial charge in [-0.1, -0.05) is 22.9 Å². The van der Waals surface area contributed by atoms with Crippen LogP contribution in [-0.4, -0.2) is 30.1 Å². The molecule has 3 aromatic heterocycles. The number of carbonyl (C=O) groups excluding carboxylic acids is 1. The average Bonchev–Trinajstić information content (AvgIpc) is 3.38. The van der Waals surface area contributed by atoms with Crippen molar-refractivity contribution in [1.29, 1.82) is 0 Å². The molecular weight excluding hydrogens is 430 g/mol. The van der Waals surface area contributed by atoms with E-state index in [1.54, 1.807) is 49.7 Å². The number of amides is 1. The predicted molar refractivity (Wildman–Crippen MR) is 117 cm³/mol. The van der Waals surface area contributed by atoms with E-state index in [0.29, 0.717) is 37.9 Å². The summed E-state index contributed by atoms with van der Waals surface area (Å²) in [6.45, 7) is 0.349. The Hall–Kier alpha value is -2.68. The Morgan fingerprint density at radius 1 is 1.03 bits per heavy atom. The van der Waals surface area contributed by atoms with E-state index in [-0.39, 0.29) is 5.91 Å². The van der Waals surface area contributed by atoms with Crippen LogP contribution in [0, 0.1) is 0 Å². The van der Waals surface area contributed by atoms with Crippen LogP contribution in [0.2, 0.25) is 4.34 Å². The van der Waals surface area contributed by atoms with Gasteiger partial charge in [0.05, 0.1) is 30.0 Å². The predicted octanol–water partition coefficient (Wildman–Crippen LogP) is 5.27. The third kappa shape index (κ3) is 3.91. The molecule has 0 bridgehead atoms. The van der Waals surface area contributed by atoms with Gasteiger partial charge in [-0.15, -0.1) is 11.3 Å². The summed E-state index contributed by atoms with van der Waals surface area (Å²) in [7, 11) is 3.20. The van der Waals surface area contributed by atoms with Crippen LogP contribution in [0.3, 0.4) is 0 Å². The normalized spacial score (nSPS) is 10.9. The number of pyridine rings is 1. The fourth-order valence-corrected chi connectivity index (χ4v) is 4.91.